The first-order chi connectivity index (χ1) is 13.7. The zero-order valence-electron chi connectivity index (χ0n) is 16.3. The summed E-state index contributed by atoms with van der Waals surface area (Å²) in [5.41, 5.74) is 4.03. The highest BCUT2D eigenvalue weighted by atomic mass is 16.2. The normalized spacial score (nSPS) is 15.0. The third-order valence-electron chi connectivity index (χ3n) is 5.60. The lowest BCUT2D eigenvalue weighted by molar-refractivity contribution is 0.0681. The third-order valence-corrected chi connectivity index (χ3v) is 5.60. The van der Waals surface area contributed by atoms with E-state index in [9.17, 15) is 4.79 Å². The minimum atomic E-state index is -0.0147. The third kappa shape index (κ3) is 4.30. The van der Waals surface area contributed by atoms with Crippen molar-refractivity contribution in [3.05, 3.63) is 77.6 Å². The van der Waals surface area contributed by atoms with Crippen molar-refractivity contribution in [1.82, 2.24) is 19.9 Å². The number of rotatable bonds is 5. The molecule has 0 spiro atoms. The van der Waals surface area contributed by atoms with Crippen LogP contribution in [0.5, 0.6) is 0 Å². The smallest absolute Gasteiger partial charge is 0.276 e. The number of carbonyl (C=O) groups is 1. The topological polar surface area (TPSA) is 51.0 Å². The molecule has 1 aliphatic heterocycles. The van der Waals surface area contributed by atoms with E-state index in [0.717, 1.165) is 38.0 Å². The summed E-state index contributed by atoms with van der Waals surface area (Å²) in [6, 6.07) is 18.5. The van der Waals surface area contributed by atoms with Gasteiger partial charge in [0.2, 0.25) is 0 Å². The Balaban J connectivity index is 1.29. The number of benzene rings is 2. The molecule has 28 heavy (non-hydrogen) atoms. The fourth-order valence-corrected chi connectivity index (χ4v) is 3.78. The van der Waals surface area contributed by atoms with E-state index in [1.807, 2.05) is 35.2 Å². The Labute approximate surface area is 166 Å². The summed E-state index contributed by atoms with van der Waals surface area (Å²) >= 11 is 0. The molecule has 0 N–H and O–H groups in total. The lowest BCUT2D eigenvalue weighted by atomic mass is 9.90. The molecule has 0 unspecified atom stereocenters. The van der Waals surface area contributed by atoms with E-state index in [0.29, 0.717) is 11.6 Å². The van der Waals surface area contributed by atoms with Crippen LogP contribution in [0.3, 0.4) is 0 Å². The Morgan fingerprint density at radius 2 is 1.75 bits per heavy atom. The van der Waals surface area contributed by atoms with Crippen LogP contribution in [0.15, 0.2) is 60.8 Å². The Morgan fingerprint density at radius 1 is 1.04 bits per heavy atom. The van der Waals surface area contributed by atoms with Crippen molar-refractivity contribution in [3.8, 4) is 5.69 Å². The summed E-state index contributed by atoms with van der Waals surface area (Å²) in [7, 11) is 0. The number of aryl methyl sites for hydroxylation is 2. The molecule has 1 aromatic heterocycles. The van der Waals surface area contributed by atoms with E-state index in [-0.39, 0.29) is 5.91 Å². The maximum Gasteiger partial charge on any atom is 0.276 e. The molecule has 1 fully saturated rings. The van der Waals surface area contributed by atoms with Gasteiger partial charge in [0.15, 0.2) is 5.69 Å². The van der Waals surface area contributed by atoms with E-state index in [4.69, 9.17) is 0 Å². The number of amides is 1. The molecule has 2 aromatic carbocycles. The van der Waals surface area contributed by atoms with E-state index in [1.165, 1.54) is 17.5 Å². The molecule has 0 aliphatic carbocycles. The van der Waals surface area contributed by atoms with Gasteiger partial charge >= 0.3 is 0 Å². The van der Waals surface area contributed by atoms with Crippen LogP contribution < -0.4 is 0 Å². The average Bonchev–Trinajstić information content (AvgIpc) is 3.24. The standard InChI is InChI=1S/C23H26N4O/c1-18-7-9-19(10-8-18)11-12-20-13-15-26(16-14-20)23(28)22-17-27(25-24-22)21-5-3-2-4-6-21/h2-10,17,20H,11-16H2,1H3. The van der Waals surface area contributed by atoms with Crippen LogP contribution in [-0.4, -0.2) is 38.9 Å². The van der Waals surface area contributed by atoms with Crippen molar-refractivity contribution in [2.75, 3.05) is 13.1 Å². The molecule has 0 saturated carbocycles. The molecule has 0 bridgehead atoms. The van der Waals surface area contributed by atoms with Crippen LogP contribution in [0.2, 0.25) is 0 Å². The van der Waals surface area contributed by atoms with Gasteiger partial charge in [-0.15, -0.1) is 5.10 Å². The molecule has 0 radical (unpaired) electrons. The maximum atomic E-state index is 12.8. The number of hydrogen-bond acceptors (Lipinski definition) is 3. The largest absolute Gasteiger partial charge is 0.337 e. The Hall–Kier alpha value is -2.95. The summed E-state index contributed by atoms with van der Waals surface area (Å²) in [5, 5.41) is 8.20. The van der Waals surface area contributed by atoms with Crippen molar-refractivity contribution in [2.24, 2.45) is 5.92 Å². The van der Waals surface area contributed by atoms with Gasteiger partial charge in [-0.05, 0) is 56.2 Å². The summed E-state index contributed by atoms with van der Waals surface area (Å²) < 4.78 is 1.65. The molecule has 2 heterocycles. The maximum absolute atomic E-state index is 12.8. The molecular weight excluding hydrogens is 348 g/mol. The molecule has 1 aliphatic rings. The van der Waals surface area contributed by atoms with Crippen molar-refractivity contribution >= 4 is 5.91 Å². The Bertz CT molecular complexity index is 909. The van der Waals surface area contributed by atoms with Crippen molar-refractivity contribution in [3.63, 3.8) is 0 Å². The molecule has 4 rings (SSSR count). The highest BCUT2D eigenvalue weighted by molar-refractivity contribution is 5.92. The first kappa shape index (κ1) is 18.4. The quantitative estimate of drug-likeness (QED) is 0.677. The first-order valence-corrected chi connectivity index (χ1v) is 10.0. The van der Waals surface area contributed by atoms with Crippen LogP contribution >= 0.6 is 0 Å². The average molecular weight is 374 g/mol. The molecule has 3 aromatic rings. The predicted molar refractivity (Wildman–Crippen MR) is 109 cm³/mol. The van der Waals surface area contributed by atoms with Crippen LogP contribution in [-0.2, 0) is 6.42 Å². The minimum Gasteiger partial charge on any atom is -0.337 e. The molecule has 1 saturated heterocycles. The summed E-state index contributed by atoms with van der Waals surface area (Å²) in [6.45, 7) is 3.72. The number of aromatic nitrogens is 3. The zero-order valence-corrected chi connectivity index (χ0v) is 16.3. The molecule has 144 valence electrons. The molecule has 0 atom stereocenters. The second-order valence-electron chi connectivity index (χ2n) is 7.64. The number of para-hydroxylation sites is 1. The highest BCUT2D eigenvalue weighted by Crippen LogP contribution is 2.23. The van der Waals surface area contributed by atoms with Gasteiger partial charge in [-0.1, -0.05) is 53.2 Å². The monoisotopic (exact) mass is 374 g/mol. The predicted octanol–water partition coefficient (Wildman–Crippen LogP) is 4.06. The Kier molecular flexibility index (Phi) is 5.51. The number of carbonyl (C=O) groups excluding carboxylic acids is 1. The fourth-order valence-electron chi connectivity index (χ4n) is 3.78. The lowest BCUT2D eigenvalue weighted by Crippen LogP contribution is -2.38. The van der Waals surface area contributed by atoms with Crippen molar-refractivity contribution in [1.29, 1.82) is 0 Å². The van der Waals surface area contributed by atoms with Crippen LogP contribution in [0.1, 0.15) is 40.9 Å². The van der Waals surface area contributed by atoms with Gasteiger partial charge in [-0.3, -0.25) is 4.79 Å². The number of hydrogen-bond donors (Lipinski definition) is 0. The van der Waals surface area contributed by atoms with Gasteiger partial charge in [0.25, 0.3) is 5.91 Å². The van der Waals surface area contributed by atoms with Gasteiger partial charge in [0, 0.05) is 13.1 Å². The Morgan fingerprint density at radius 3 is 2.46 bits per heavy atom. The van der Waals surface area contributed by atoms with Crippen molar-refractivity contribution in [2.45, 2.75) is 32.6 Å². The van der Waals surface area contributed by atoms with Gasteiger partial charge in [0.05, 0.1) is 11.9 Å². The fraction of sp³-hybridized carbons (Fsp3) is 0.348. The summed E-state index contributed by atoms with van der Waals surface area (Å²) in [5.74, 6) is 0.671. The van der Waals surface area contributed by atoms with E-state index in [2.05, 4.69) is 41.5 Å². The van der Waals surface area contributed by atoms with E-state index < -0.39 is 0 Å². The number of piperidine rings is 1. The minimum absolute atomic E-state index is 0.0147. The lowest BCUT2D eigenvalue weighted by Gasteiger charge is -2.31. The molecule has 5 heteroatoms. The van der Waals surface area contributed by atoms with Gasteiger partial charge in [-0.25, -0.2) is 4.68 Å². The number of nitrogens with zero attached hydrogens (tertiary/aromatic N) is 4. The van der Waals surface area contributed by atoms with E-state index >= 15 is 0 Å². The zero-order chi connectivity index (χ0) is 19.3. The highest BCUT2D eigenvalue weighted by Gasteiger charge is 2.25. The SMILES string of the molecule is Cc1ccc(CCC2CCN(C(=O)c3cn(-c4ccccc4)nn3)CC2)cc1. The van der Waals surface area contributed by atoms with Gasteiger partial charge in [0.1, 0.15) is 0 Å². The number of likely N-dealkylation sites (tertiary alicyclic amines) is 1. The van der Waals surface area contributed by atoms with Crippen LogP contribution in [0.25, 0.3) is 5.69 Å². The van der Waals surface area contributed by atoms with Gasteiger partial charge < -0.3 is 4.90 Å². The van der Waals surface area contributed by atoms with Gasteiger partial charge in [-0.2, -0.15) is 0 Å². The van der Waals surface area contributed by atoms with Crippen LogP contribution in [0, 0.1) is 12.8 Å². The summed E-state index contributed by atoms with van der Waals surface area (Å²) in [6.07, 6.45) is 6.15. The first-order valence-electron chi connectivity index (χ1n) is 10.0. The molecular formula is C23H26N4O. The second kappa shape index (κ2) is 8.38. The second-order valence-corrected chi connectivity index (χ2v) is 7.64. The van der Waals surface area contributed by atoms with Crippen LogP contribution in [0.4, 0.5) is 0 Å². The van der Waals surface area contributed by atoms with Crippen molar-refractivity contribution < 1.29 is 4.79 Å². The molecule has 5 nitrogen and oxygen atoms in total. The van der Waals surface area contributed by atoms with E-state index in [1.54, 1.807) is 10.9 Å². The molecule has 1 amide bonds. The summed E-state index contributed by atoms with van der Waals surface area (Å²) in [4.78, 5) is 14.7.